The Morgan fingerprint density at radius 2 is 1.93 bits per heavy atom. The van der Waals surface area contributed by atoms with Gasteiger partial charge in [0.1, 0.15) is 6.29 Å². The van der Waals surface area contributed by atoms with Crippen molar-refractivity contribution >= 4 is 6.29 Å². The van der Waals surface area contributed by atoms with E-state index in [-0.39, 0.29) is 6.04 Å². The minimum Gasteiger partial charge on any atom is -0.329 e. The average molecular weight is 192 g/mol. The van der Waals surface area contributed by atoms with E-state index in [1.807, 2.05) is 38.4 Å². The SMILES string of the molecule is CN(C)C(CN)c1ccc(C=O)cc1. The Kier molecular flexibility index (Phi) is 3.80. The van der Waals surface area contributed by atoms with Gasteiger partial charge in [-0.15, -0.1) is 0 Å². The van der Waals surface area contributed by atoms with Crippen molar-refractivity contribution in [1.29, 1.82) is 0 Å². The Morgan fingerprint density at radius 1 is 1.36 bits per heavy atom. The van der Waals surface area contributed by atoms with Crippen LogP contribution in [0, 0.1) is 0 Å². The maximum Gasteiger partial charge on any atom is 0.150 e. The van der Waals surface area contributed by atoms with Crippen molar-refractivity contribution in [3.05, 3.63) is 35.4 Å². The first kappa shape index (κ1) is 10.9. The number of likely N-dealkylation sites (N-methyl/N-ethyl adjacent to an activating group) is 1. The van der Waals surface area contributed by atoms with Gasteiger partial charge in [-0.3, -0.25) is 4.79 Å². The number of nitrogens with zero attached hydrogens (tertiary/aromatic N) is 1. The highest BCUT2D eigenvalue weighted by Gasteiger charge is 2.10. The van der Waals surface area contributed by atoms with E-state index in [2.05, 4.69) is 4.90 Å². The average Bonchev–Trinajstić information content (AvgIpc) is 2.19. The fourth-order valence-electron chi connectivity index (χ4n) is 1.44. The van der Waals surface area contributed by atoms with Gasteiger partial charge in [-0.2, -0.15) is 0 Å². The van der Waals surface area contributed by atoms with Crippen LogP contribution in [0.4, 0.5) is 0 Å². The summed E-state index contributed by atoms with van der Waals surface area (Å²) < 4.78 is 0. The Hall–Kier alpha value is -1.19. The van der Waals surface area contributed by atoms with Gasteiger partial charge in [-0.05, 0) is 19.7 Å². The lowest BCUT2D eigenvalue weighted by Gasteiger charge is -2.22. The zero-order chi connectivity index (χ0) is 10.6. The monoisotopic (exact) mass is 192 g/mol. The fraction of sp³-hybridized carbons (Fsp3) is 0.364. The largest absolute Gasteiger partial charge is 0.329 e. The number of carbonyl (C=O) groups is 1. The highest BCUT2D eigenvalue weighted by molar-refractivity contribution is 5.74. The minimum atomic E-state index is 0.218. The summed E-state index contributed by atoms with van der Waals surface area (Å²) in [5, 5.41) is 0. The molecule has 1 aromatic rings. The molecule has 0 bridgehead atoms. The van der Waals surface area contributed by atoms with Gasteiger partial charge in [0, 0.05) is 18.2 Å². The number of aldehydes is 1. The summed E-state index contributed by atoms with van der Waals surface area (Å²) >= 11 is 0. The molecule has 1 aromatic carbocycles. The van der Waals surface area contributed by atoms with Crippen LogP contribution in [0.25, 0.3) is 0 Å². The lowest BCUT2D eigenvalue weighted by atomic mass is 10.0. The van der Waals surface area contributed by atoms with E-state index >= 15 is 0 Å². The summed E-state index contributed by atoms with van der Waals surface area (Å²) in [6.07, 6.45) is 0.844. The molecule has 1 unspecified atom stereocenters. The van der Waals surface area contributed by atoms with Crippen LogP contribution in [0.2, 0.25) is 0 Å². The third kappa shape index (κ3) is 2.40. The summed E-state index contributed by atoms with van der Waals surface area (Å²) in [5.41, 5.74) is 7.50. The topological polar surface area (TPSA) is 46.3 Å². The predicted molar refractivity (Wildman–Crippen MR) is 57.3 cm³/mol. The standard InChI is InChI=1S/C11H16N2O/c1-13(2)11(7-12)10-5-3-9(8-14)4-6-10/h3-6,8,11H,7,12H2,1-2H3. The van der Waals surface area contributed by atoms with Crippen LogP contribution >= 0.6 is 0 Å². The van der Waals surface area contributed by atoms with Crippen molar-refractivity contribution in [2.24, 2.45) is 5.73 Å². The quantitative estimate of drug-likeness (QED) is 0.726. The second kappa shape index (κ2) is 4.88. The van der Waals surface area contributed by atoms with Gasteiger partial charge < -0.3 is 10.6 Å². The Balaban J connectivity index is 2.89. The maximum absolute atomic E-state index is 10.5. The summed E-state index contributed by atoms with van der Waals surface area (Å²) in [6, 6.07) is 7.74. The molecule has 0 aliphatic heterocycles. The lowest BCUT2D eigenvalue weighted by molar-refractivity contribution is 0.112. The first-order chi connectivity index (χ1) is 6.69. The van der Waals surface area contributed by atoms with E-state index in [1.54, 1.807) is 0 Å². The molecule has 3 heteroatoms. The van der Waals surface area contributed by atoms with Gasteiger partial charge in [0.05, 0.1) is 0 Å². The zero-order valence-electron chi connectivity index (χ0n) is 8.60. The molecule has 0 spiro atoms. The van der Waals surface area contributed by atoms with Crippen molar-refractivity contribution in [2.45, 2.75) is 6.04 Å². The van der Waals surface area contributed by atoms with Crippen molar-refractivity contribution in [3.63, 3.8) is 0 Å². The number of benzene rings is 1. The van der Waals surface area contributed by atoms with Gasteiger partial charge in [-0.25, -0.2) is 0 Å². The molecule has 1 atom stereocenters. The fourth-order valence-corrected chi connectivity index (χ4v) is 1.44. The third-order valence-electron chi connectivity index (χ3n) is 2.30. The highest BCUT2D eigenvalue weighted by atomic mass is 16.1. The first-order valence-corrected chi connectivity index (χ1v) is 4.60. The molecule has 0 heterocycles. The molecular formula is C11H16N2O. The summed E-state index contributed by atoms with van der Waals surface area (Å²) in [7, 11) is 3.98. The molecule has 0 amide bonds. The second-order valence-electron chi connectivity index (χ2n) is 3.50. The molecule has 2 N–H and O–H groups in total. The number of hydrogen-bond acceptors (Lipinski definition) is 3. The van der Waals surface area contributed by atoms with E-state index in [4.69, 9.17) is 5.73 Å². The molecule has 0 aliphatic rings. The molecule has 3 nitrogen and oxygen atoms in total. The smallest absolute Gasteiger partial charge is 0.150 e. The molecule has 76 valence electrons. The second-order valence-corrected chi connectivity index (χ2v) is 3.50. The van der Waals surface area contributed by atoms with Crippen LogP contribution in [-0.4, -0.2) is 31.8 Å². The van der Waals surface area contributed by atoms with Crippen molar-refractivity contribution < 1.29 is 4.79 Å². The Bertz CT molecular complexity index is 293. The summed E-state index contributed by atoms with van der Waals surface area (Å²) in [6.45, 7) is 0.577. The van der Waals surface area contributed by atoms with Crippen LogP contribution in [0.1, 0.15) is 22.0 Å². The van der Waals surface area contributed by atoms with E-state index in [0.29, 0.717) is 12.1 Å². The number of nitrogens with two attached hydrogens (primary N) is 1. The van der Waals surface area contributed by atoms with E-state index in [1.165, 1.54) is 0 Å². The van der Waals surface area contributed by atoms with Crippen LogP contribution in [-0.2, 0) is 0 Å². The minimum absolute atomic E-state index is 0.218. The van der Waals surface area contributed by atoms with Crippen molar-refractivity contribution in [2.75, 3.05) is 20.6 Å². The predicted octanol–water partition coefficient (Wildman–Crippen LogP) is 1.06. The molecule has 0 saturated carbocycles. The number of rotatable bonds is 4. The lowest BCUT2D eigenvalue weighted by Crippen LogP contribution is -2.27. The molecule has 0 aromatic heterocycles. The highest BCUT2D eigenvalue weighted by Crippen LogP contribution is 2.16. The van der Waals surface area contributed by atoms with E-state index in [0.717, 1.165) is 11.8 Å². The van der Waals surface area contributed by atoms with Gasteiger partial charge in [0.25, 0.3) is 0 Å². The van der Waals surface area contributed by atoms with Crippen LogP contribution in [0.15, 0.2) is 24.3 Å². The van der Waals surface area contributed by atoms with E-state index in [9.17, 15) is 4.79 Å². The zero-order valence-corrected chi connectivity index (χ0v) is 8.60. The molecule has 1 rings (SSSR count). The van der Waals surface area contributed by atoms with Gasteiger partial charge in [0.2, 0.25) is 0 Å². The van der Waals surface area contributed by atoms with Gasteiger partial charge >= 0.3 is 0 Å². The van der Waals surface area contributed by atoms with Gasteiger partial charge in [0.15, 0.2) is 0 Å². The molecule has 0 radical (unpaired) electrons. The molecule has 0 saturated heterocycles. The number of carbonyl (C=O) groups excluding carboxylic acids is 1. The normalized spacial score (nSPS) is 12.9. The van der Waals surface area contributed by atoms with Crippen molar-refractivity contribution in [1.82, 2.24) is 4.90 Å². The molecule has 0 aliphatic carbocycles. The van der Waals surface area contributed by atoms with E-state index < -0.39 is 0 Å². The molecular weight excluding hydrogens is 176 g/mol. The van der Waals surface area contributed by atoms with Crippen LogP contribution in [0.3, 0.4) is 0 Å². The maximum atomic E-state index is 10.5. The number of hydrogen-bond donors (Lipinski definition) is 1. The van der Waals surface area contributed by atoms with Gasteiger partial charge in [-0.1, -0.05) is 24.3 Å². The Labute approximate surface area is 84.5 Å². The third-order valence-corrected chi connectivity index (χ3v) is 2.30. The van der Waals surface area contributed by atoms with Crippen molar-refractivity contribution in [3.8, 4) is 0 Å². The summed E-state index contributed by atoms with van der Waals surface area (Å²) in [5.74, 6) is 0. The molecule has 0 fully saturated rings. The first-order valence-electron chi connectivity index (χ1n) is 4.60. The summed E-state index contributed by atoms with van der Waals surface area (Å²) in [4.78, 5) is 12.5. The van der Waals surface area contributed by atoms with Crippen LogP contribution in [0.5, 0.6) is 0 Å². The Morgan fingerprint density at radius 3 is 2.29 bits per heavy atom. The van der Waals surface area contributed by atoms with Crippen LogP contribution < -0.4 is 5.73 Å². The molecule has 14 heavy (non-hydrogen) atoms.